The highest BCUT2D eigenvalue weighted by molar-refractivity contribution is 5.92. The van der Waals surface area contributed by atoms with Gasteiger partial charge in [-0.05, 0) is 25.0 Å². The fraction of sp³-hybridized carbons (Fsp3) is 0.696. The van der Waals surface area contributed by atoms with Crippen LogP contribution in [-0.4, -0.2) is 17.3 Å². The maximum atomic E-state index is 11.9. The summed E-state index contributed by atoms with van der Waals surface area (Å²) in [6, 6.07) is 6.36. The number of hydrogen-bond donors (Lipinski definition) is 2. The molecule has 3 N–H and O–H groups in total. The van der Waals surface area contributed by atoms with E-state index in [1.165, 1.54) is 82.8 Å². The van der Waals surface area contributed by atoms with Crippen LogP contribution < -0.4 is 5.73 Å². The van der Waals surface area contributed by atoms with Crippen LogP contribution in [0.2, 0.25) is 0 Å². The van der Waals surface area contributed by atoms with Gasteiger partial charge in [-0.2, -0.15) is 0 Å². The van der Waals surface area contributed by atoms with Gasteiger partial charge in [-0.15, -0.1) is 0 Å². The van der Waals surface area contributed by atoms with Crippen LogP contribution in [0.4, 0.5) is 0 Å². The van der Waals surface area contributed by atoms with Gasteiger partial charge in [0.15, 0.2) is 6.23 Å². The number of phenolic OH excluding ortho intramolecular Hbond substituents is 1. The van der Waals surface area contributed by atoms with Gasteiger partial charge in [-0.25, -0.2) is 4.79 Å². The first-order valence-corrected chi connectivity index (χ1v) is 10.9. The van der Waals surface area contributed by atoms with Gasteiger partial charge in [0.05, 0.1) is 0 Å². The maximum Gasteiger partial charge on any atom is 0.343 e. The molecule has 1 unspecified atom stereocenters. The molecule has 1 aromatic rings. The molecule has 4 heteroatoms. The third kappa shape index (κ3) is 11.7. The zero-order chi connectivity index (χ0) is 19.7. The number of esters is 1. The molecule has 0 saturated heterocycles. The monoisotopic (exact) mass is 377 g/mol. The second-order valence-corrected chi connectivity index (χ2v) is 7.49. The number of carbonyl (C=O) groups is 1. The summed E-state index contributed by atoms with van der Waals surface area (Å²) < 4.78 is 5.20. The van der Waals surface area contributed by atoms with Crippen LogP contribution in [0.15, 0.2) is 24.3 Å². The first kappa shape index (κ1) is 23.5. The molecule has 27 heavy (non-hydrogen) atoms. The van der Waals surface area contributed by atoms with E-state index in [9.17, 15) is 9.90 Å². The van der Waals surface area contributed by atoms with Crippen LogP contribution in [0, 0.1) is 0 Å². The largest absolute Gasteiger partial charge is 0.507 e. The van der Waals surface area contributed by atoms with E-state index in [0.717, 1.165) is 12.8 Å². The Kier molecular flexibility index (Phi) is 13.5. The third-order valence-corrected chi connectivity index (χ3v) is 4.97. The molecule has 0 aromatic heterocycles. The number of aromatic hydroxyl groups is 1. The third-order valence-electron chi connectivity index (χ3n) is 4.97. The lowest BCUT2D eigenvalue weighted by Crippen LogP contribution is -2.27. The van der Waals surface area contributed by atoms with E-state index >= 15 is 0 Å². The number of unbranched alkanes of at least 4 members (excludes halogenated alkanes) is 12. The molecule has 4 nitrogen and oxygen atoms in total. The fourth-order valence-electron chi connectivity index (χ4n) is 3.27. The number of para-hydroxylation sites is 1. The van der Waals surface area contributed by atoms with E-state index in [1.54, 1.807) is 12.1 Å². The van der Waals surface area contributed by atoms with Crippen molar-refractivity contribution in [3.8, 4) is 5.75 Å². The summed E-state index contributed by atoms with van der Waals surface area (Å²) in [7, 11) is 0. The van der Waals surface area contributed by atoms with Crippen LogP contribution in [-0.2, 0) is 4.74 Å². The summed E-state index contributed by atoms with van der Waals surface area (Å²) in [4.78, 5) is 11.9. The van der Waals surface area contributed by atoms with E-state index in [0.29, 0.717) is 6.42 Å². The molecule has 1 rings (SSSR count). The lowest BCUT2D eigenvalue weighted by atomic mass is 10.0. The van der Waals surface area contributed by atoms with Gasteiger partial charge in [-0.3, -0.25) is 5.73 Å². The van der Waals surface area contributed by atoms with Gasteiger partial charge < -0.3 is 9.84 Å². The number of ether oxygens (including phenoxy) is 1. The molecular weight excluding hydrogens is 338 g/mol. The standard InChI is InChI=1S/C23H39NO3/c1-2-3-4-5-6-7-8-9-10-11-12-13-14-19-22(24)27-23(26)20-17-15-16-18-21(20)25/h15-18,22,25H,2-14,19,24H2,1H3. The Balaban J connectivity index is 1.93. The number of phenols is 1. The van der Waals surface area contributed by atoms with Crippen molar-refractivity contribution >= 4 is 5.97 Å². The van der Waals surface area contributed by atoms with Gasteiger partial charge in [0.2, 0.25) is 0 Å². The molecule has 0 aliphatic carbocycles. The summed E-state index contributed by atoms with van der Waals surface area (Å²) >= 11 is 0. The number of hydrogen-bond acceptors (Lipinski definition) is 4. The van der Waals surface area contributed by atoms with Crippen molar-refractivity contribution in [3.63, 3.8) is 0 Å². The smallest absolute Gasteiger partial charge is 0.343 e. The number of carbonyl (C=O) groups excluding carboxylic acids is 1. The maximum absolute atomic E-state index is 11.9. The Labute approximate surface area is 165 Å². The Hall–Kier alpha value is -1.55. The topological polar surface area (TPSA) is 72.5 Å². The molecule has 0 aliphatic heterocycles. The first-order valence-electron chi connectivity index (χ1n) is 10.9. The Morgan fingerprint density at radius 3 is 1.89 bits per heavy atom. The molecular formula is C23H39NO3. The van der Waals surface area contributed by atoms with Crippen molar-refractivity contribution in [3.05, 3.63) is 29.8 Å². The summed E-state index contributed by atoms with van der Waals surface area (Å²) in [6.07, 6.45) is 17.0. The zero-order valence-electron chi connectivity index (χ0n) is 17.1. The van der Waals surface area contributed by atoms with E-state index in [-0.39, 0.29) is 11.3 Å². The van der Waals surface area contributed by atoms with Gasteiger partial charge in [-0.1, -0.05) is 96.1 Å². The van der Waals surface area contributed by atoms with Crippen LogP contribution in [0.25, 0.3) is 0 Å². The average molecular weight is 378 g/mol. The van der Waals surface area contributed by atoms with Gasteiger partial charge in [0.25, 0.3) is 0 Å². The molecule has 1 atom stereocenters. The predicted octanol–water partition coefficient (Wildman–Crippen LogP) is 6.32. The summed E-state index contributed by atoms with van der Waals surface area (Å²) in [5.74, 6) is -0.633. The number of nitrogens with two attached hydrogens (primary N) is 1. The molecule has 0 saturated carbocycles. The molecule has 1 aromatic carbocycles. The first-order chi connectivity index (χ1) is 13.1. The molecule has 0 heterocycles. The fourth-order valence-corrected chi connectivity index (χ4v) is 3.27. The van der Waals surface area contributed by atoms with E-state index < -0.39 is 12.2 Å². The lowest BCUT2D eigenvalue weighted by molar-refractivity contribution is 0.0289. The van der Waals surface area contributed by atoms with Crippen LogP contribution in [0.5, 0.6) is 5.75 Å². The predicted molar refractivity (Wildman–Crippen MR) is 112 cm³/mol. The molecule has 0 spiro atoms. The van der Waals surface area contributed by atoms with E-state index in [4.69, 9.17) is 10.5 Å². The molecule has 0 bridgehead atoms. The van der Waals surface area contributed by atoms with Gasteiger partial charge in [0.1, 0.15) is 11.3 Å². The highest BCUT2D eigenvalue weighted by atomic mass is 16.6. The highest BCUT2D eigenvalue weighted by Crippen LogP contribution is 2.18. The summed E-state index contributed by atoms with van der Waals surface area (Å²) in [5, 5.41) is 9.65. The molecule has 0 amide bonds. The normalized spacial score (nSPS) is 12.1. The van der Waals surface area contributed by atoms with Crippen molar-refractivity contribution in [2.75, 3.05) is 0 Å². The molecule has 154 valence electrons. The second-order valence-electron chi connectivity index (χ2n) is 7.49. The minimum absolute atomic E-state index is 0.0735. The van der Waals surface area contributed by atoms with Crippen LogP contribution in [0.3, 0.4) is 0 Å². The van der Waals surface area contributed by atoms with Crippen molar-refractivity contribution in [1.29, 1.82) is 0 Å². The zero-order valence-corrected chi connectivity index (χ0v) is 17.1. The number of rotatable bonds is 16. The van der Waals surface area contributed by atoms with Crippen molar-refractivity contribution in [2.45, 2.75) is 103 Å². The van der Waals surface area contributed by atoms with E-state index in [1.807, 2.05) is 0 Å². The van der Waals surface area contributed by atoms with Crippen molar-refractivity contribution < 1.29 is 14.6 Å². The Morgan fingerprint density at radius 2 is 1.37 bits per heavy atom. The highest BCUT2D eigenvalue weighted by Gasteiger charge is 2.15. The van der Waals surface area contributed by atoms with Crippen molar-refractivity contribution in [2.24, 2.45) is 5.73 Å². The van der Waals surface area contributed by atoms with E-state index in [2.05, 4.69) is 6.92 Å². The van der Waals surface area contributed by atoms with Gasteiger partial charge in [0, 0.05) is 0 Å². The Bertz CT molecular complexity index is 504. The number of benzene rings is 1. The quantitative estimate of drug-likeness (QED) is 0.201. The minimum Gasteiger partial charge on any atom is -0.507 e. The molecule has 0 fully saturated rings. The van der Waals surface area contributed by atoms with Crippen LogP contribution >= 0.6 is 0 Å². The summed E-state index contributed by atoms with van der Waals surface area (Å²) in [5.41, 5.74) is 6.04. The molecule has 0 aliphatic rings. The lowest BCUT2D eigenvalue weighted by Gasteiger charge is -2.13. The average Bonchev–Trinajstić information content (AvgIpc) is 2.65. The van der Waals surface area contributed by atoms with Crippen molar-refractivity contribution in [1.82, 2.24) is 0 Å². The SMILES string of the molecule is CCCCCCCCCCCCCCCC(N)OC(=O)c1ccccc1O. The molecule has 0 radical (unpaired) electrons. The van der Waals surface area contributed by atoms with Crippen LogP contribution in [0.1, 0.15) is 107 Å². The minimum atomic E-state index is -0.607. The van der Waals surface area contributed by atoms with Gasteiger partial charge >= 0.3 is 5.97 Å². The summed E-state index contributed by atoms with van der Waals surface area (Å²) in [6.45, 7) is 2.26. The second kappa shape index (κ2) is 15.5. The Morgan fingerprint density at radius 1 is 0.889 bits per heavy atom.